The number of likely N-dealkylation sites (N-methyl/N-ethyl adjacent to an activating group) is 2. The third-order valence-corrected chi connectivity index (χ3v) is 4.98. The van der Waals surface area contributed by atoms with Gasteiger partial charge in [0.25, 0.3) is 0 Å². The third-order valence-electron chi connectivity index (χ3n) is 4.98. The summed E-state index contributed by atoms with van der Waals surface area (Å²) in [6.45, 7) is 4.89. The maximum Gasteiger partial charge on any atom is 0.0220 e. The largest absolute Gasteiger partial charge is 0.313 e. The van der Waals surface area contributed by atoms with E-state index in [1.807, 2.05) is 0 Å². The van der Waals surface area contributed by atoms with Crippen molar-refractivity contribution in [2.24, 2.45) is 0 Å². The molecule has 1 saturated carbocycles. The number of likely N-dealkylation sites (tertiary alicyclic amines) is 1. The van der Waals surface area contributed by atoms with Crippen LogP contribution in [0.5, 0.6) is 0 Å². The highest BCUT2D eigenvalue weighted by Gasteiger charge is 2.21. The molecule has 2 fully saturated rings. The molecule has 1 saturated heterocycles. The van der Waals surface area contributed by atoms with Gasteiger partial charge in [0.2, 0.25) is 0 Å². The second-order valence-corrected chi connectivity index (χ2v) is 6.68. The molecule has 1 atom stereocenters. The van der Waals surface area contributed by atoms with Crippen LogP contribution >= 0.6 is 0 Å². The Kier molecular flexibility index (Phi) is 6.62. The lowest BCUT2D eigenvalue weighted by Crippen LogP contribution is -2.41. The van der Waals surface area contributed by atoms with Crippen LogP contribution in [0.1, 0.15) is 51.4 Å². The number of rotatable bonds is 6. The highest BCUT2D eigenvalue weighted by molar-refractivity contribution is 4.79. The molecule has 0 bridgehead atoms. The van der Waals surface area contributed by atoms with Crippen molar-refractivity contribution in [3.05, 3.63) is 0 Å². The zero-order chi connectivity index (χ0) is 13.5. The highest BCUT2D eigenvalue weighted by Crippen LogP contribution is 2.17. The van der Waals surface area contributed by atoms with E-state index in [2.05, 4.69) is 29.2 Å². The van der Waals surface area contributed by atoms with Crippen LogP contribution in [0.15, 0.2) is 0 Å². The Morgan fingerprint density at radius 1 is 1.05 bits per heavy atom. The molecule has 112 valence electrons. The van der Waals surface area contributed by atoms with Crippen molar-refractivity contribution < 1.29 is 0 Å². The Hall–Kier alpha value is -0.120. The van der Waals surface area contributed by atoms with Gasteiger partial charge in [-0.25, -0.2) is 0 Å². The fraction of sp³-hybridized carbons (Fsp3) is 1.00. The Morgan fingerprint density at radius 2 is 1.79 bits per heavy atom. The van der Waals surface area contributed by atoms with Gasteiger partial charge in [0, 0.05) is 31.7 Å². The Bertz CT molecular complexity index is 236. The third kappa shape index (κ3) is 5.41. The Labute approximate surface area is 119 Å². The predicted octanol–water partition coefficient (Wildman–Crippen LogP) is 2.32. The molecule has 1 N–H and O–H groups in total. The Balaban J connectivity index is 1.56. The summed E-state index contributed by atoms with van der Waals surface area (Å²) in [6, 6.07) is 1.59. The molecular formula is C16H33N3. The molecule has 3 heteroatoms. The van der Waals surface area contributed by atoms with Gasteiger partial charge in [0.15, 0.2) is 0 Å². The molecule has 3 nitrogen and oxygen atoms in total. The van der Waals surface area contributed by atoms with Crippen molar-refractivity contribution in [2.75, 3.05) is 40.3 Å². The van der Waals surface area contributed by atoms with Crippen molar-refractivity contribution in [2.45, 2.75) is 63.5 Å². The summed E-state index contributed by atoms with van der Waals surface area (Å²) >= 11 is 0. The fourth-order valence-electron chi connectivity index (χ4n) is 3.60. The van der Waals surface area contributed by atoms with Gasteiger partial charge in [0.1, 0.15) is 0 Å². The standard InChI is InChI=1S/C16H33N3/c1-18(14-16-10-7-12-19(16)2)13-11-17-15-8-5-3-4-6-9-15/h15-17H,3-14H2,1-2H3. The number of hydrogen-bond donors (Lipinski definition) is 1. The quantitative estimate of drug-likeness (QED) is 0.745. The molecule has 1 aliphatic carbocycles. The fourth-order valence-corrected chi connectivity index (χ4v) is 3.60. The first-order valence-corrected chi connectivity index (χ1v) is 8.38. The molecule has 1 aliphatic heterocycles. The van der Waals surface area contributed by atoms with Gasteiger partial charge in [-0.1, -0.05) is 25.7 Å². The average Bonchev–Trinajstić information content (AvgIpc) is 2.66. The molecule has 0 aromatic rings. The van der Waals surface area contributed by atoms with Crippen molar-refractivity contribution >= 4 is 0 Å². The van der Waals surface area contributed by atoms with E-state index in [-0.39, 0.29) is 0 Å². The lowest BCUT2D eigenvalue weighted by Gasteiger charge is -2.26. The molecule has 19 heavy (non-hydrogen) atoms. The molecule has 2 rings (SSSR count). The van der Waals surface area contributed by atoms with Crippen LogP contribution in [-0.2, 0) is 0 Å². The highest BCUT2D eigenvalue weighted by atomic mass is 15.2. The molecule has 0 spiro atoms. The van der Waals surface area contributed by atoms with Gasteiger partial charge < -0.3 is 15.1 Å². The van der Waals surface area contributed by atoms with E-state index in [1.54, 1.807) is 0 Å². The van der Waals surface area contributed by atoms with Crippen molar-refractivity contribution in [3.63, 3.8) is 0 Å². The summed E-state index contributed by atoms with van der Waals surface area (Å²) in [5.41, 5.74) is 0. The van der Waals surface area contributed by atoms with E-state index in [9.17, 15) is 0 Å². The molecule has 0 radical (unpaired) electrons. The average molecular weight is 267 g/mol. The second kappa shape index (κ2) is 8.23. The van der Waals surface area contributed by atoms with Gasteiger partial charge in [-0.3, -0.25) is 0 Å². The summed E-state index contributed by atoms with van der Waals surface area (Å²) < 4.78 is 0. The minimum absolute atomic E-state index is 0.794. The smallest absolute Gasteiger partial charge is 0.0220 e. The van der Waals surface area contributed by atoms with Gasteiger partial charge in [-0.2, -0.15) is 0 Å². The SMILES string of the molecule is CN(CCNC1CCCCCC1)CC1CCCN1C. The molecule has 0 aromatic heterocycles. The normalized spacial score (nSPS) is 27.0. The zero-order valence-electron chi connectivity index (χ0n) is 13.0. The van der Waals surface area contributed by atoms with Gasteiger partial charge >= 0.3 is 0 Å². The van der Waals surface area contributed by atoms with Crippen molar-refractivity contribution in [1.82, 2.24) is 15.1 Å². The van der Waals surface area contributed by atoms with Gasteiger partial charge in [0.05, 0.1) is 0 Å². The van der Waals surface area contributed by atoms with E-state index in [1.165, 1.54) is 71.0 Å². The topological polar surface area (TPSA) is 18.5 Å². The van der Waals surface area contributed by atoms with E-state index >= 15 is 0 Å². The predicted molar refractivity (Wildman–Crippen MR) is 82.6 cm³/mol. The van der Waals surface area contributed by atoms with Gasteiger partial charge in [-0.05, 0) is 46.3 Å². The first-order chi connectivity index (χ1) is 9.25. The summed E-state index contributed by atoms with van der Waals surface area (Å²) in [5.74, 6) is 0. The van der Waals surface area contributed by atoms with E-state index in [0.29, 0.717) is 0 Å². The monoisotopic (exact) mass is 267 g/mol. The maximum atomic E-state index is 3.77. The molecule has 1 heterocycles. The summed E-state index contributed by atoms with van der Waals surface area (Å²) in [7, 11) is 4.55. The van der Waals surface area contributed by atoms with Crippen LogP contribution in [0.4, 0.5) is 0 Å². The van der Waals surface area contributed by atoms with Crippen LogP contribution in [0.3, 0.4) is 0 Å². The lowest BCUT2D eigenvalue weighted by atomic mass is 10.1. The summed E-state index contributed by atoms with van der Waals surface area (Å²) in [5, 5.41) is 3.77. The van der Waals surface area contributed by atoms with E-state index in [0.717, 1.165) is 18.6 Å². The summed E-state index contributed by atoms with van der Waals surface area (Å²) in [6.07, 6.45) is 11.3. The molecule has 1 unspecified atom stereocenters. The molecule has 0 amide bonds. The van der Waals surface area contributed by atoms with Crippen LogP contribution in [0.25, 0.3) is 0 Å². The van der Waals surface area contributed by atoms with Crippen molar-refractivity contribution in [1.29, 1.82) is 0 Å². The minimum Gasteiger partial charge on any atom is -0.313 e. The molecule has 0 aromatic carbocycles. The molecular weight excluding hydrogens is 234 g/mol. The van der Waals surface area contributed by atoms with E-state index < -0.39 is 0 Å². The lowest BCUT2D eigenvalue weighted by molar-refractivity contribution is 0.218. The number of nitrogens with zero attached hydrogens (tertiary/aromatic N) is 2. The van der Waals surface area contributed by atoms with Crippen LogP contribution in [0, 0.1) is 0 Å². The Morgan fingerprint density at radius 3 is 2.42 bits per heavy atom. The first kappa shape index (κ1) is 15.3. The van der Waals surface area contributed by atoms with Crippen molar-refractivity contribution in [3.8, 4) is 0 Å². The number of hydrogen-bond acceptors (Lipinski definition) is 3. The van der Waals surface area contributed by atoms with Crippen LogP contribution in [0.2, 0.25) is 0 Å². The maximum absolute atomic E-state index is 3.77. The minimum atomic E-state index is 0.794. The van der Waals surface area contributed by atoms with Crippen LogP contribution in [-0.4, -0.2) is 62.2 Å². The first-order valence-electron chi connectivity index (χ1n) is 8.38. The summed E-state index contributed by atoms with van der Waals surface area (Å²) in [4.78, 5) is 5.03. The van der Waals surface area contributed by atoms with Crippen LogP contribution < -0.4 is 5.32 Å². The second-order valence-electron chi connectivity index (χ2n) is 6.68. The molecule has 2 aliphatic rings. The van der Waals surface area contributed by atoms with Gasteiger partial charge in [-0.15, -0.1) is 0 Å². The van der Waals surface area contributed by atoms with E-state index in [4.69, 9.17) is 0 Å². The number of nitrogens with one attached hydrogen (secondary N) is 1. The zero-order valence-corrected chi connectivity index (χ0v) is 13.0.